The zero-order valence-electron chi connectivity index (χ0n) is 12.8. The number of furan rings is 1. The molecule has 0 amide bonds. The van der Waals surface area contributed by atoms with Gasteiger partial charge in [0.25, 0.3) is 0 Å². The van der Waals surface area contributed by atoms with Crippen molar-refractivity contribution in [1.82, 2.24) is 14.8 Å². The van der Waals surface area contributed by atoms with Crippen LogP contribution in [0.4, 0.5) is 4.39 Å². The average molecular weight is 347 g/mol. The zero-order chi connectivity index (χ0) is 16.9. The normalized spacial score (nSPS) is 10.8. The lowest BCUT2D eigenvalue weighted by atomic mass is 10.1. The molecule has 2 aromatic heterocycles. The van der Waals surface area contributed by atoms with Gasteiger partial charge in [-0.1, -0.05) is 11.8 Å². The number of ether oxygens (including phenoxy) is 1. The van der Waals surface area contributed by atoms with Crippen LogP contribution in [0.15, 0.2) is 52.5 Å². The molecular weight excluding hydrogens is 333 g/mol. The molecule has 0 aliphatic rings. The smallest absolute Gasteiger partial charge is 0.191 e. The summed E-state index contributed by atoms with van der Waals surface area (Å²) in [6, 6.07) is 7.80. The summed E-state index contributed by atoms with van der Waals surface area (Å²) in [6.07, 6.45) is 3.16. The summed E-state index contributed by atoms with van der Waals surface area (Å²) >= 11 is 1.24. The minimum absolute atomic E-state index is 0.109. The molecule has 8 heteroatoms. The van der Waals surface area contributed by atoms with Gasteiger partial charge in [0.2, 0.25) is 0 Å². The van der Waals surface area contributed by atoms with Crippen LogP contribution in [-0.2, 0) is 6.54 Å². The number of hydrogen-bond donors (Lipinski definition) is 0. The lowest BCUT2D eigenvalue weighted by Gasteiger charge is -2.06. The predicted molar refractivity (Wildman–Crippen MR) is 85.8 cm³/mol. The Bertz CT molecular complexity index is 833. The van der Waals surface area contributed by atoms with Crippen LogP contribution in [0.3, 0.4) is 0 Å². The van der Waals surface area contributed by atoms with Crippen molar-refractivity contribution < 1.29 is 18.3 Å². The zero-order valence-corrected chi connectivity index (χ0v) is 13.6. The highest BCUT2D eigenvalue weighted by Gasteiger charge is 2.13. The minimum atomic E-state index is -0.561. The number of ketones is 1. The van der Waals surface area contributed by atoms with Crippen molar-refractivity contribution in [2.24, 2.45) is 0 Å². The molecule has 0 unspecified atom stereocenters. The van der Waals surface area contributed by atoms with Crippen LogP contribution in [0.2, 0.25) is 0 Å². The molecule has 0 N–H and O–H groups in total. The standard InChI is InChI=1S/C16H14FN3O3S/c1-22-15-5-4-11(7-13(15)17)14(21)9-24-16-19-18-10-20(16)8-12-3-2-6-23-12/h2-7,10H,8-9H2,1H3. The maximum atomic E-state index is 13.7. The van der Waals surface area contributed by atoms with Crippen LogP contribution in [0.1, 0.15) is 16.1 Å². The second-order valence-electron chi connectivity index (χ2n) is 4.88. The molecule has 0 fully saturated rings. The first-order valence-electron chi connectivity index (χ1n) is 7.07. The Morgan fingerprint density at radius 1 is 1.42 bits per heavy atom. The molecule has 0 aliphatic carbocycles. The summed E-state index contributed by atoms with van der Waals surface area (Å²) in [6.45, 7) is 0.480. The van der Waals surface area contributed by atoms with Crippen molar-refractivity contribution in [2.45, 2.75) is 11.7 Å². The van der Waals surface area contributed by atoms with Crippen molar-refractivity contribution in [2.75, 3.05) is 12.9 Å². The molecule has 0 spiro atoms. The van der Waals surface area contributed by atoms with E-state index in [1.54, 1.807) is 29.3 Å². The van der Waals surface area contributed by atoms with Crippen molar-refractivity contribution >= 4 is 17.5 Å². The minimum Gasteiger partial charge on any atom is -0.494 e. The van der Waals surface area contributed by atoms with E-state index in [9.17, 15) is 9.18 Å². The maximum absolute atomic E-state index is 13.7. The van der Waals surface area contributed by atoms with E-state index < -0.39 is 5.82 Å². The Labute approximate surface area is 141 Å². The molecular formula is C16H14FN3O3S. The summed E-state index contributed by atoms with van der Waals surface area (Å²) in [4.78, 5) is 12.2. The second kappa shape index (κ2) is 7.31. The maximum Gasteiger partial charge on any atom is 0.191 e. The molecule has 2 heterocycles. The fourth-order valence-electron chi connectivity index (χ4n) is 2.09. The Kier molecular flexibility index (Phi) is 4.95. The number of thioether (sulfide) groups is 1. The quantitative estimate of drug-likeness (QED) is 0.483. The van der Waals surface area contributed by atoms with Gasteiger partial charge >= 0.3 is 0 Å². The largest absolute Gasteiger partial charge is 0.494 e. The molecule has 0 atom stereocenters. The van der Waals surface area contributed by atoms with Crippen LogP contribution >= 0.6 is 11.8 Å². The first-order chi connectivity index (χ1) is 11.7. The molecule has 6 nitrogen and oxygen atoms in total. The predicted octanol–water partition coefficient (Wildman–Crippen LogP) is 3.04. The first-order valence-corrected chi connectivity index (χ1v) is 8.05. The summed E-state index contributed by atoms with van der Waals surface area (Å²) in [7, 11) is 1.38. The van der Waals surface area contributed by atoms with Crippen LogP contribution < -0.4 is 4.74 Å². The highest BCUT2D eigenvalue weighted by molar-refractivity contribution is 7.99. The summed E-state index contributed by atoms with van der Waals surface area (Å²) < 4.78 is 25.6. The number of methoxy groups -OCH3 is 1. The SMILES string of the molecule is COc1ccc(C(=O)CSc2nncn2Cc2ccco2)cc1F. The number of aromatic nitrogens is 3. The molecule has 0 aliphatic heterocycles. The number of nitrogens with zero attached hydrogens (tertiary/aromatic N) is 3. The third kappa shape index (κ3) is 3.65. The van der Waals surface area contributed by atoms with Gasteiger partial charge in [0.1, 0.15) is 12.1 Å². The van der Waals surface area contributed by atoms with Gasteiger partial charge in [-0.3, -0.25) is 4.79 Å². The van der Waals surface area contributed by atoms with E-state index in [4.69, 9.17) is 9.15 Å². The van der Waals surface area contributed by atoms with Crippen LogP contribution in [0, 0.1) is 5.82 Å². The molecule has 0 saturated heterocycles. The van der Waals surface area contributed by atoms with Crippen molar-refractivity contribution in [3.63, 3.8) is 0 Å². The molecule has 124 valence electrons. The molecule has 0 saturated carbocycles. The second-order valence-corrected chi connectivity index (χ2v) is 5.82. The Hall–Kier alpha value is -2.61. The number of hydrogen-bond acceptors (Lipinski definition) is 6. The van der Waals surface area contributed by atoms with Gasteiger partial charge in [-0.15, -0.1) is 10.2 Å². The van der Waals surface area contributed by atoms with Crippen LogP contribution in [-0.4, -0.2) is 33.4 Å². The summed E-state index contributed by atoms with van der Waals surface area (Å²) in [5.41, 5.74) is 0.290. The van der Waals surface area contributed by atoms with E-state index in [1.807, 2.05) is 6.07 Å². The third-order valence-electron chi connectivity index (χ3n) is 3.29. The molecule has 0 bridgehead atoms. The Balaban J connectivity index is 1.64. The van der Waals surface area contributed by atoms with E-state index >= 15 is 0 Å². The molecule has 3 rings (SSSR count). The van der Waals surface area contributed by atoms with Gasteiger partial charge < -0.3 is 13.7 Å². The number of rotatable bonds is 7. The first kappa shape index (κ1) is 16.3. The molecule has 0 radical (unpaired) electrons. The van der Waals surface area contributed by atoms with Crippen molar-refractivity contribution in [1.29, 1.82) is 0 Å². The monoisotopic (exact) mass is 347 g/mol. The van der Waals surface area contributed by atoms with Crippen molar-refractivity contribution in [3.8, 4) is 5.75 Å². The lowest BCUT2D eigenvalue weighted by molar-refractivity contribution is 0.102. The highest BCUT2D eigenvalue weighted by atomic mass is 32.2. The fourth-order valence-corrected chi connectivity index (χ4v) is 2.90. The number of carbonyl (C=O) groups excluding carboxylic acids is 1. The summed E-state index contributed by atoms with van der Waals surface area (Å²) in [5, 5.41) is 8.44. The average Bonchev–Trinajstić information content (AvgIpc) is 3.25. The lowest BCUT2D eigenvalue weighted by Crippen LogP contribution is -2.06. The molecule has 24 heavy (non-hydrogen) atoms. The van der Waals surface area contributed by atoms with Crippen LogP contribution in [0.5, 0.6) is 5.75 Å². The van der Waals surface area contributed by atoms with Gasteiger partial charge in [-0.2, -0.15) is 0 Å². The molecule has 1 aromatic carbocycles. The van der Waals surface area contributed by atoms with E-state index in [-0.39, 0.29) is 22.8 Å². The molecule has 3 aromatic rings. The third-order valence-corrected chi connectivity index (χ3v) is 4.27. The van der Waals surface area contributed by atoms with Gasteiger partial charge in [0.05, 0.1) is 25.7 Å². The highest BCUT2D eigenvalue weighted by Crippen LogP contribution is 2.21. The topological polar surface area (TPSA) is 70.2 Å². The Morgan fingerprint density at radius 2 is 2.29 bits per heavy atom. The van der Waals surface area contributed by atoms with E-state index in [0.29, 0.717) is 11.7 Å². The summed E-state index contributed by atoms with van der Waals surface area (Å²) in [5.74, 6) is 0.240. The van der Waals surface area contributed by atoms with Gasteiger partial charge in [0, 0.05) is 5.56 Å². The van der Waals surface area contributed by atoms with E-state index in [0.717, 1.165) is 5.76 Å². The van der Waals surface area contributed by atoms with Crippen molar-refractivity contribution in [3.05, 3.63) is 60.1 Å². The van der Waals surface area contributed by atoms with Gasteiger partial charge in [-0.05, 0) is 30.3 Å². The number of benzene rings is 1. The number of halogens is 1. The van der Waals surface area contributed by atoms with E-state index in [2.05, 4.69) is 10.2 Å². The number of Topliss-reactive ketones (excluding diaryl/α,β-unsaturated/α-hetero) is 1. The van der Waals surface area contributed by atoms with E-state index in [1.165, 1.54) is 31.0 Å². The number of carbonyl (C=O) groups is 1. The van der Waals surface area contributed by atoms with Gasteiger partial charge in [-0.25, -0.2) is 4.39 Å². The fraction of sp³-hybridized carbons (Fsp3) is 0.188. The Morgan fingerprint density at radius 3 is 3.00 bits per heavy atom. The van der Waals surface area contributed by atoms with Gasteiger partial charge in [0.15, 0.2) is 22.5 Å². The van der Waals surface area contributed by atoms with Crippen LogP contribution in [0.25, 0.3) is 0 Å².